The molecule has 0 N–H and O–H groups in total. The van der Waals surface area contributed by atoms with E-state index in [2.05, 4.69) is 9.97 Å². The number of halogens is 3. The minimum atomic E-state index is -1.83. The predicted octanol–water partition coefficient (Wildman–Crippen LogP) is 5.06. The number of aromatic nitrogens is 3. The molecule has 36 heavy (non-hydrogen) atoms. The summed E-state index contributed by atoms with van der Waals surface area (Å²) in [5.41, 5.74) is 0.799. The van der Waals surface area contributed by atoms with Gasteiger partial charge in [0.15, 0.2) is 18.5 Å². The van der Waals surface area contributed by atoms with Gasteiger partial charge in [-0.25, -0.2) is 19.0 Å². The van der Waals surface area contributed by atoms with E-state index in [0.717, 1.165) is 0 Å². The summed E-state index contributed by atoms with van der Waals surface area (Å²) < 4.78 is 34.1. The summed E-state index contributed by atoms with van der Waals surface area (Å²) in [6.07, 6.45) is -4.06. The fraction of sp³-hybridized carbons (Fsp3) is 0.200. The number of esters is 2. The minimum absolute atomic E-state index is 0.0950. The van der Waals surface area contributed by atoms with Gasteiger partial charge in [-0.2, -0.15) is 4.98 Å². The number of hydrogen-bond acceptors (Lipinski definition) is 7. The van der Waals surface area contributed by atoms with E-state index in [4.69, 9.17) is 37.4 Å². The fourth-order valence-electron chi connectivity index (χ4n) is 3.95. The number of fused-ring (bicyclic) bond motifs is 1. The highest BCUT2D eigenvalue weighted by atomic mass is 35.5. The number of rotatable bonds is 6. The third-order valence-electron chi connectivity index (χ3n) is 5.68. The fourth-order valence-corrected chi connectivity index (χ4v) is 4.39. The second kappa shape index (κ2) is 10.2. The van der Waals surface area contributed by atoms with Gasteiger partial charge in [0.2, 0.25) is 5.28 Å². The summed E-state index contributed by atoms with van der Waals surface area (Å²) in [4.78, 5) is 33.2. The standard InChI is InChI=1S/C25H18Cl2FN3O5/c26-20-16-11-12-31(21(16)30-25(27)29-20)22-18(28)19(36-24(33)15-9-5-2-6-10-15)17(35-22)13-34-23(32)14-7-3-1-4-8-14/h1-12,17-19,22H,13H2/t17-,18+,19-,22-/m1/s1. The summed E-state index contributed by atoms with van der Waals surface area (Å²) in [7, 11) is 0. The van der Waals surface area contributed by atoms with Crippen LogP contribution < -0.4 is 0 Å². The van der Waals surface area contributed by atoms with Crippen LogP contribution >= 0.6 is 23.2 Å². The third kappa shape index (κ3) is 4.77. The number of hydrogen-bond donors (Lipinski definition) is 0. The van der Waals surface area contributed by atoms with Crippen LogP contribution in [0.25, 0.3) is 11.0 Å². The van der Waals surface area contributed by atoms with Gasteiger partial charge in [0.05, 0.1) is 16.5 Å². The van der Waals surface area contributed by atoms with Crippen LogP contribution in [0.3, 0.4) is 0 Å². The molecule has 0 radical (unpaired) electrons. The zero-order valence-electron chi connectivity index (χ0n) is 18.5. The molecule has 1 saturated heterocycles. The van der Waals surface area contributed by atoms with Crippen molar-refractivity contribution in [2.24, 2.45) is 0 Å². The molecule has 5 rings (SSSR count). The molecule has 2 aromatic heterocycles. The van der Waals surface area contributed by atoms with Crippen LogP contribution in [0.15, 0.2) is 72.9 Å². The highest BCUT2D eigenvalue weighted by Gasteiger charge is 2.49. The summed E-state index contributed by atoms with van der Waals surface area (Å²) in [6.45, 7) is -0.354. The van der Waals surface area contributed by atoms with E-state index < -0.39 is 36.5 Å². The lowest BCUT2D eigenvalue weighted by Gasteiger charge is -2.19. The van der Waals surface area contributed by atoms with E-state index in [1.165, 1.54) is 10.8 Å². The van der Waals surface area contributed by atoms with Crippen LogP contribution in [0.1, 0.15) is 26.9 Å². The quantitative estimate of drug-likeness (QED) is 0.196. The molecule has 0 spiro atoms. The zero-order chi connectivity index (χ0) is 25.2. The third-order valence-corrected chi connectivity index (χ3v) is 6.14. The lowest BCUT2D eigenvalue weighted by atomic mass is 10.1. The molecule has 0 unspecified atom stereocenters. The maximum Gasteiger partial charge on any atom is 0.338 e. The molecule has 0 saturated carbocycles. The summed E-state index contributed by atoms with van der Waals surface area (Å²) in [5.74, 6) is -1.36. The van der Waals surface area contributed by atoms with Crippen LogP contribution in [0.5, 0.6) is 0 Å². The van der Waals surface area contributed by atoms with Crippen LogP contribution in [0.2, 0.25) is 10.4 Å². The van der Waals surface area contributed by atoms with E-state index in [0.29, 0.717) is 10.9 Å². The first-order valence-electron chi connectivity index (χ1n) is 10.9. The second-order valence-electron chi connectivity index (χ2n) is 7.95. The zero-order valence-corrected chi connectivity index (χ0v) is 20.0. The number of nitrogens with zero attached hydrogens (tertiary/aromatic N) is 3. The molecule has 1 aliphatic heterocycles. The molecule has 0 amide bonds. The van der Waals surface area contributed by atoms with Gasteiger partial charge in [0.25, 0.3) is 0 Å². The Labute approximate surface area is 214 Å². The van der Waals surface area contributed by atoms with Gasteiger partial charge < -0.3 is 18.8 Å². The largest absolute Gasteiger partial charge is 0.459 e. The van der Waals surface area contributed by atoms with E-state index in [1.807, 2.05) is 0 Å². The van der Waals surface area contributed by atoms with Crippen molar-refractivity contribution in [3.63, 3.8) is 0 Å². The molecule has 8 nitrogen and oxygen atoms in total. The molecule has 3 heterocycles. The van der Waals surface area contributed by atoms with Crippen LogP contribution in [-0.4, -0.2) is 51.5 Å². The predicted molar refractivity (Wildman–Crippen MR) is 129 cm³/mol. The lowest BCUT2D eigenvalue weighted by molar-refractivity contribution is -0.0568. The Hall–Kier alpha value is -3.53. The molecule has 2 aromatic carbocycles. The van der Waals surface area contributed by atoms with Crippen molar-refractivity contribution in [3.8, 4) is 0 Å². The van der Waals surface area contributed by atoms with Gasteiger partial charge in [-0.15, -0.1) is 0 Å². The first-order chi connectivity index (χ1) is 17.4. The summed E-state index contributed by atoms with van der Waals surface area (Å²) in [6, 6.07) is 18.1. The van der Waals surface area contributed by atoms with Crippen LogP contribution in [0, 0.1) is 0 Å². The Morgan fingerprint density at radius 3 is 2.25 bits per heavy atom. The SMILES string of the molecule is O=C(OC[C@H]1O[C@@H](n2ccc3c(Cl)nc(Cl)nc32)[C@@H](F)[C@@H]1OC(=O)c1ccccc1)c1ccccc1. The van der Waals surface area contributed by atoms with Gasteiger partial charge in [-0.05, 0) is 41.9 Å². The molecule has 184 valence electrons. The average molecular weight is 530 g/mol. The molecule has 0 bridgehead atoms. The van der Waals surface area contributed by atoms with Gasteiger partial charge >= 0.3 is 11.9 Å². The first-order valence-corrected chi connectivity index (χ1v) is 11.7. The van der Waals surface area contributed by atoms with Crippen molar-refractivity contribution in [1.29, 1.82) is 0 Å². The topological polar surface area (TPSA) is 92.5 Å². The Kier molecular flexibility index (Phi) is 6.86. The molecular formula is C25H18Cl2FN3O5. The number of alkyl halides is 1. The van der Waals surface area contributed by atoms with Crippen molar-refractivity contribution in [2.75, 3.05) is 6.61 Å². The monoisotopic (exact) mass is 529 g/mol. The van der Waals surface area contributed by atoms with Crippen molar-refractivity contribution < 1.29 is 28.2 Å². The van der Waals surface area contributed by atoms with Crippen LogP contribution in [0.4, 0.5) is 4.39 Å². The van der Waals surface area contributed by atoms with Crippen molar-refractivity contribution in [3.05, 3.63) is 94.5 Å². The van der Waals surface area contributed by atoms with Gasteiger partial charge in [0.1, 0.15) is 23.5 Å². The van der Waals surface area contributed by atoms with Gasteiger partial charge in [0, 0.05) is 6.20 Å². The summed E-state index contributed by atoms with van der Waals surface area (Å²) >= 11 is 12.1. The van der Waals surface area contributed by atoms with Gasteiger partial charge in [-0.3, -0.25) is 0 Å². The number of ether oxygens (including phenoxy) is 3. The van der Waals surface area contributed by atoms with Gasteiger partial charge in [-0.1, -0.05) is 48.0 Å². The molecule has 11 heteroatoms. The first kappa shape index (κ1) is 24.2. The Morgan fingerprint density at radius 1 is 0.944 bits per heavy atom. The number of carbonyl (C=O) groups is 2. The Morgan fingerprint density at radius 2 is 1.58 bits per heavy atom. The molecule has 1 aliphatic rings. The van der Waals surface area contributed by atoms with E-state index in [-0.39, 0.29) is 28.3 Å². The highest BCUT2D eigenvalue weighted by molar-refractivity contribution is 6.35. The summed E-state index contributed by atoms with van der Waals surface area (Å²) in [5, 5.41) is 0.410. The number of carbonyl (C=O) groups excluding carboxylic acids is 2. The van der Waals surface area contributed by atoms with E-state index in [1.54, 1.807) is 66.7 Å². The minimum Gasteiger partial charge on any atom is -0.459 e. The normalized spacial score (nSPS) is 21.4. The molecule has 0 aliphatic carbocycles. The second-order valence-corrected chi connectivity index (χ2v) is 8.65. The van der Waals surface area contributed by atoms with Crippen LogP contribution in [-0.2, 0) is 14.2 Å². The highest BCUT2D eigenvalue weighted by Crippen LogP contribution is 2.37. The molecular weight excluding hydrogens is 512 g/mol. The van der Waals surface area contributed by atoms with Crippen molar-refractivity contribution in [1.82, 2.24) is 14.5 Å². The molecule has 4 atom stereocenters. The Balaban J connectivity index is 1.42. The smallest absolute Gasteiger partial charge is 0.338 e. The number of benzene rings is 2. The van der Waals surface area contributed by atoms with E-state index in [9.17, 15) is 9.59 Å². The molecule has 4 aromatic rings. The maximum absolute atomic E-state index is 15.8. The molecule has 1 fully saturated rings. The van der Waals surface area contributed by atoms with E-state index >= 15 is 4.39 Å². The Bertz CT molecular complexity index is 1400. The average Bonchev–Trinajstić information content (AvgIpc) is 3.44. The van der Waals surface area contributed by atoms with Crippen molar-refractivity contribution >= 4 is 46.2 Å². The lowest BCUT2D eigenvalue weighted by Crippen LogP contribution is -2.37. The maximum atomic E-state index is 15.8. The van der Waals surface area contributed by atoms with Crippen molar-refractivity contribution in [2.45, 2.75) is 24.6 Å².